The molecule has 1 aromatic carbocycles. The van der Waals surface area contributed by atoms with E-state index in [2.05, 4.69) is 34.6 Å². The van der Waals surface area contributed by atoms with Crippen molar-refractivity contribution in [1.82, 2.24) is 15.0 Å². The second kappa shape index (κ2) is 3.96. The van der Waals surface area contributed by atoms with E-state index in [9.17, 15) is 0 Å². The molecular weight excluding hydrogens is 212 g/mol. The molecule has 0 radical (unpaired) electrons. The zero-order valence-electron chi connectivity index (χ0n) is 9.87. The molecule has 88 valence electrons. The summed E-state index contributed by atoms with van der Waals surface area (Å²) in [7, 11) is 1.89. The number of rotatable bonds is 2. The van der Waals surface area contributed by atoms with E-state index in [1.165, 1.54) is 11.1 Å². The number of benzene rings is 1. The molecule has 1 heterocycles. The fourth-order valence-electron chi connectivity index (χ4n) is 2.69. The van der Waals surface area contributed by atoms with Crippen molar-refractivity contribution in [1.29, 1.82) is 0 Å². The second-order valence-electron chi connectivity index (χ2n) is 4.75. The van der Waals surface area contributed by atoms with Gasteiger partial charge in [0.2, 0.25) is 0 Å². The topological polar surface area (TPSA) is 56.7 Å². The van der Waals surface area contributed by atoms with Crippen LogP contribution in [0.25, 0.3) is 0 Å². The van der Waals surface area contributed by atoms with Gasteiger partial charge < -0.3 is 5.73 Å². The minimum absolute atomic E-state index is 0.0161. The van der Waals surface area contributed by atoms with Gasteiger partial charge in [-0.1, -0.05) is 29.5 Å². The van der Waals surface area contributed by atoms with Gasteiger partial charge >= 0.3 is 0 Å². The number of hydrogen-bond acceptors (Lipinski definition) is 3. The number of nitrogens with zero attached hydrogens (tertiary/aromatic N) is 3. The first-order valence-electron chi connectivity index (χ1n) is 5.92. The lowest BCUT2D eigenvalue weighted by Crippen LogP contribution is -2.24. The molecule has 1 atom stereocenters. The number of hydrogen-bond donors (Lipinski definition) is 1. The van der Waals surface area contributed by atoms with Gasteiger partial charge in [-0.2, -0.15) is 0 Å². The largest absolute Gasteiger partial charge is 0.322 e. The Morgan fingerprint density at radius 3 is 2.47 bits per heavy atom. The van der Waals surface area contributed by atoms with Crippen molar-refractivity contribution in [2.24, 2.45) is 18.7 Å². The highest BCUT2D eigenvalue weighted by atomic mass is 15.4. The Morgan fingerprint density at radius 2 is 1.94 bits per heavy atom. The molecule has 0 spiro atoms. The third-order valence-electron chi connectivity index (χ3n) is 3.68. The Hall–Kier alpha value is -1.68. The van der Waals surface area contributed by atoms with Gasteiger partial charge in [-0.25, -0.2) is 0 Å². The smallest absolute Gasteiger partial charge is 0.0754 e. The van der Waals surface area contributed by atoms with Crippen LogP contribution in [-0.2, 0) is 19.9 Å². The lowest BCUT2D eigenvalue weighted by molar-refractivity contribution is 0.430. The fourth-order valence-corrected chi connectivity index (χ4v) is 2.69. The fraction of sp³-hybridized carbons (Fsp3) is 0.385. The Labute approximate surface area is 100 Å². The van der Waals surface area contributed by atoms with Crippen LogP contribution in [0.1, 0.15) is 22.9 Å². The Bertz CT molecular complexity index is 507. The van der Waals surface area contributed by atoms with Crippen LogP contribution in [0.2, 0.25) is 0 Å². The Balaban J connectivity index is 1.83. The zero-order valence-corrected chi connectivity index (χ0v) is 9.87. The molecule has 0 saturated heterocycles. The number of aryl methyl sites for hydroxylation is 1. The number of fused-ring (bicyclic) bond motifs is 1. The predicted octanol–water partition coefficient (Wildman–Crippen LogP) is 1.23. The van der Waals surface area contributed by atoms with Gasteiger partial charge in [0.1, 0.15) is 0 Å². The predicted molar refractivity (Wildman–Crippen MR) is 65.3 cm³/mol. The van der Waals surface area contributed by atoms with Crippen molar-refractivity contribution in [2.75, 3.05) is 0 Å². The average Bonchev–Trinajstić information content (AvgIpc) is 2.93. The summed E-state index contributed by atoms with van der Waals surface area (Å²) < 4.78 is 1.77. The normalized spacial score (nSPS) is 17.1. The summed E-state index contributed by atoms with van der Waals surface area (Å²) in [5.41, 5.74) is 10.2. The maximum absolute atomic E-state index is 6.32. The molecule has 17 heavy (non-hydrogen) atoms. The average molecular weight is 228 g/mol. The summed E-state index contributed by atoms with van der Waals surface area (Å²) in [6, 6.07) is 8.60. The molecule has 0 saturated carbocycles. The molecule has 0 fully saturated rings. The summed E-state index contributed by atoms with van der Waals surface area (Å²) in [6.07, 6.45) is 3.89. The van der Waals surface area contributed by atoms with Crippen molar-refractivity contribution in [2.45, 2.75) is 18.9 Å². The second-order valence-corrected chi connectivity index (χ2v) is 4.75. The lowest BCUT2D eigenvalue weighted by Gasteiger charge is -2.18. The molecule has 1 aliphatic carbocycles. The third-order valence-corrected chi connectivity index (χ3v) is 3.68. The minimum Gasteiger partial charge on any atom is -0.322 e. The molecule has 4 heteroatoms. The first-order chi connectivity index (χ1) is 8.25. The Morgan fingerprint density at radius 1 is 1.29 bits per heavy atom. The van der Waals surface area contributed by atoms with Crippen LogP contribution in [-0.4, -0.2) is 15.0 Å². The molecule has 2 aromatic rings. The molecule has 1 unspecified atom stereocenters. The SMILES string of the molecule is Cn1nncc1C(N)C1Cc2ccccc2C1. The van der Waals surface area contributed by atoms with Gasteiger partial charge in [0.25, 0.3) is 0 Å². The first-order valence-corrected chi connectivity index (χ1v) is 5.92. The van der Waals surface area contributed by atoms with Crippen molar-refractivity contribution >= 4 is 0 Å². The molecule has 4 nitrogen and oxygen atoms in total. The highest BCUT2D eigenvalue weighted by molar-refractivity contribution is 5.33. The summed E-state index contributed by atoms with van der Waals surface area (Å²) in [4.78, 5) is 0. The van der Waals surface area contributed by atoms with Gasteiger partial charge in [0.15, 0.2) is 0 Å². The van der Waals surface area contributed by atoms with Crippen LogP contribution in [0.15, 0.2) is 30.5 Å². The molecule has 2 N–H and O–H groups in total. The van der Waals surface area contributed by atoms with Gasteiger partial charge in [-0.05, 0) is 29.9 Å². The first kappa shape index (κ1) is 10.5. The molecule has 1 aliphatic rings. The van der Waals surface area contributed by atoms with E-state index in [0.717, 1.165) is 18.5 Å². The van der Waals surface area contributed by atoms with E-state index < -0.39 is 0 Å². The van der Waals surface area contributed by atoms with Crippen LogP contribution >= 0.6 is 0 Å². The van der Waals surface area contributed by atoms with Gasteiger partial charge in [0, 0.05) is 7.05 Å². The Kier molecular flexibility index (Phi) is 2.44. The van der Waals surface area contributed by atoms with Crippen LogP contribution in [0.5, 0.6) is 0 Å². The zero-order chi connectivity index (χ0) is 11.8. The summed E-state index contributed by atoms with van der Waals surface area (Å²) in [5, 5.41) is 7.84. The van der Waals surface area contributed by atoms with Crippen molar-refractivity contribution in [3.8, 4) is 0 Å². The number of aromatic nitrogens is 3. The van der Waals surface area contributed by atoms with Crippen molar-refractivity contribution < 1.29 is 0 Å². The van der Waals surface area contributed by atoms with Crippen LogP contribution < -0.4 is 5.73 Å². The lowest BCUT2D eigenvalue weighted by atomic mass is 9.95. The van der Waals surface area contributed by atoms with E-state index in [1.807, 2.05) is 7.05 Å². The minimum atomic E-state index is 0.0161. The van der Waals surface area contributed by atoms with Gasteiger partial charge in [-0.3, -0.25) is 4.68 Å². The van der Waals surface area contributed by atoms with E-state index >= 15 is 0 Å². The van der Waals surface area contributed by atoms with Gasteiger partial charge in [0.05, 0.1) is 17.9 Å². The molecule has 0 amide bonds. The monoisotopic (exact) mass is 228 g/mol. The van der Waals surface area contributed by atoms with E-state index in [4.69, 9.17) is 5.73 Å². The maximum Gasteiger partial charge on any atom is 0.0754 e. The van der Waals surface area contributed by atoms with E-state index in [1.54, 1.807) is 10.9 Å². The van der Waals surface area contributed by atoms with Gasteiger partial charge in [-0.15, -0.1) is 5.10 Å². The molecule has 1 aromatic heterocycles. The van der Waals surface area contributed by atoms with Crippen LogP contribution in [0, 0.1) is 5.92 Å². The third kappa shape index (κ3) is 1.74. The highest BCUT2D eigenvalue weighted by Crippen LogP contribution is 2.33. The standard InChI is InChI=1S/C13H16N4/c1-17-12(8-15-16-17)13(14)11-6-9-4-2-3-5-10(9)7-11/h2-5,8,11,13H,6-7,14H2,1H3. The van der Waals surface area contributed by atoms with Crippen LogP contribution in [0.4, 0.5) is 0 Å². The summed E-state index contributed by atoms with van der Waals surface area (Å²) in [6.45, 7) is 0. The molecular formula is C13H16N4. The highest BCUT2D eigenvalue weighted by Gasteiger charge is 2.28. The maximum atomic E-state index is 6.32. The summed E-state index contributed by atoms with van der Waals surface area (Å²) in [5.74, 6) is 0.463. The van der Waals surface area contributed by atoms with E-state index in [0.29, 0.717) is 5.92 Å². The molecule has 3 rings (SSSR count). The van der Waals surface area contributed by atoms with Crippen molar-refractivity contribution in [3.05, 3.63) is 47.3 Å². The number of nitrogens with two attached hydrogens (primary N) is 1. The van der Waals surface area contributed by atoms with Crippen LogP contribution in [0.3, 0.4) is 0 Å². The quantitative estimate of drug-likeness (QED) is 0.841. The van der Waals surface area contributed by atoms with Crippen molar-refractivity contribution in [3.63, 3.8) is 0 Å². The molecule has 0 aliphatic heterocycles. The van der Waals surface area contributed by atoms with E-state index in [-0.39, 0.29) is 6.04 Å². The summed E-state index contributed by atoms with van der Waals surface area (Å²) >= 11 is 0. The molecule has 0 bridgehead atoms.